The third-order valence-corrected chi connectivity index (χ3v) is 5.34. The third kappa shape index (κ3) is 3.32. The molecule has 1 N–H and O–H groups in total. The Kier molecular flexibility index (Phi) is 5.02. The standard InChI is InChI=1S/C19H20ClN5O5/c1-10(11-4-5-12-13(8-11)30-7-6-29-12)21-14(26)9-25-15-16(22-18(25)20)23(2)19(28)24(3)17(15)27/h4-5,8,10H,6-7,9H2,1-3H3,(H,21,26)/t10-/m0/s1. The number of benzene rings is 1. The van der Waals surface area contributed by atoms with Crippen LogP contribution in [0.1, 0.15) is 18.5 Å². The number of carbonyl (C=O) groups is 1. The van der Waals surface area contributed by atoms with Gasteiger partial charge in [-0.1, -0.05) is 6.07 Å². The molecule has 1 atom stereocenters. The molecular formula is C19H20ClN5O5. The minimum Gasteiger partial charge on any atom is -0.486 e. The lowest BCUT2D eigenvalue weighted by Crippen LogP contribution is -2.38. The monoisotopic (exact) mass is 433 g/mol. The van der Waals surface area contributed by atoms with E-state index in [1.807, 2.05) is 19.1 Å². The lowest BCUT2D eigenvalue weighted by atomic mass is 10.1. The zero-order valence-electron chi connectivity index (χ0n) is 16.6. The molecule has 0 bridgehead atoms. The van der Waals surface area contributed by atoms with E-state index in [1.165, 1.54) is 23.2 Å². The van der Waals surface area contributed by atoms with Crippen LogP contribution in [-0.2, 0) is 25.4 Å². The van der Waals surface area contributed by atoms with Gasteiger partial charge < -0.3 is 14.8 Å². The Bertz CT molecular complexity index is 1280. The second-order valence-corrected chi connectivity index (χ2v) is 7.38. The van der Waals surface area contributed by atoms with Crippen molar-refractivity contribution in [2.75, 3.05) is 13.2 Å². The van der Waals surface area contributed by atoms with Crippen molar-refractivity contribution in [2.24, 2.45) is 14.1 Å². The molecule has 158 valence electrons. The highest BCUT2D eigenvalue weighted by Gasteiger charge is 2.21. The van der Waals surface area contributed by atoms with Crippen molar-refractivity contribution < 1.29 is 14.3 Å². The van der Waals surface area contributed by atoms with Gasteiger partial charge in [-0.15, -0.1) is 0 Å². The first kappa shape index (κ1) is 20.0. The fourth-order valence-corrected chi connectivity index (χ4v) is 3.63. The Labute approximate surface area is 175 Å². The number of carbonyl (C=O) groups excluding carboxylic acids is 1. The first-order valence-electron chi connectivity index (χ1n) is 9.28. The molecule has 30 heavy (non-hydrogen) atoms. The molecule has 0 saturated carbocycles. The molecule has 3 aromatic rings. The summed E-state index contributed by atoms with van der Waals surface area (Å²) in [6, 6.07) is 5.15. The zero-order valence-corrected chi connectivity index (χ0v) is 17.4. The molecule has 0 fully saturated rings. The molecule has 11 heteroatoms. The van der Waals surface area contributed by atoms with Crippen molar-refractivity contribution in [1.29, 1.82) is 0 Å². The molecule has 10 nitrogen and oxygen atoms in total. The molecule has 1 aliphatic heterocycles. The van der Waals surface area contributed by atoms with E-state index in [0.717, 1.165) is 10.1 Å². The molecule has 1 aliphatic rings. The number of fused-ring (bicyclic) bond motifs is 2. The summed E-state index contributed by atoms with van der Waals surface area (Å²) in [6.07, 6.45) is 0. The molecule has 4 rings (SSSR count). The van der Waals surface area contributed by atoms with E-state index >= 15 is 0 Å². The Morgan fingerprint density at radius 3 is 2.63 bits per heavy atom. The van der Waals surface area contributed by atoms with E-state index in [0.29, 0.717) is 24.7 Å². The molecule has 2 aromatic heterocycles. The number of aryl methyl sites for hydroxylation is 1. The van der Waals surface area contributed by atoms with Crippen LogP contribution in [0, 0.1) is 0 Å². The minimum atomic E-state index is -0.569. The van der Waals surface area contributed by atoms with Crippen LogP contribution in [0.3, 0.4) is 0 Å². The second-order valence-electron chi connectivity index (χ2n) is 7.04. The smallest absolute Gasteiger partial charge is 0.332 e. The Hall–Kier alpha value is -3.27. The van der Waals surface area contributed by atoms with E-state index in [1.54, 1.807) is 6.07 Å². The van der Waals surface area contributed by atoms with Crippen LogP contribution < -0.4 is 26.0 Å². The number of aromatic nitrogens is 4. The number of amides is 1. The van der Waals surface area contributed by atoms with E-state index < -0.39 is 11.2 Å². The van der Waals surface area contributed by atoms with Gasteiger partial charge in [0.15, 0.2) is 22.7 Å². The van der Waals surface area contributed by atoms with Crippen LogP contribution in [-0.4, -0.2) is 37.8 Å². The van der Waals surface area contributed by atoms with Gasteiger partial charge in [0.2, 0.25) is 11.2 Å². The summed E-state index contributed by atoms with van der Waals surface area (Å²) in [6.45, 7) is 2.58. The molecule has 0 radical (unpaired) electrons. The van der Waals surface area contributed by atoms with Crippen molar-refractivity contribution in [1.82, 2.24) is 24.0 Å². The van der Waals surface area contributed by atoms with Crippen molar-refractivity contribution in [3.05, 3.63) is 49.9 Å². The number of nitrogens with zero attached hydrogens (tertiary/aromatic N) is 4. The van der Waals surface area contributed by atoms with Crippen molar-refractivity contribution in [3.63, 3.8) is 0 Å². The third-order valence-electron chi connectivity index (χ3n) is 5.05. The van der Waals surface area contributed by atoms with Gasteiger partial charge in [-0.05, 0) is 36.2 Å². The number of imidazole rings is 1. The lowest BCUT2D eigenvalue weighted by molar-refractivity contribution is -0.122. The van der Waals surface area contributed by atoms with Crippen LogP contribution in [0.5, 0.6) is 11.5 Å². The highest BCUT2D eigenvalue weighted by atomic mass is 35.5. The molecule has 0 aliphatic carbocycles. The maximum Gasteiger partial charge on any atom is 0.332 e. The van der Waals surface area contributed by atoms with Gasteiger partial charge in [-0.2, -0.15) is 4.98 Å². The van der Waals surface area contributed by atoms with E-state index in [9.17, 15) is 14.4 Å². The Morgan fingerprint density at radius 2 is 1.90 bits per heavy atom. The summed E-state index contributed by atoms with van der Waals surface area (Å²) in [7, 11) is 2.85. The first-order valence-corrected chi connectivity index (χ1v) is 9.66. The zero-order chi connectivity index (χ0) is 21.6. The van der Waals surface area contributed by atoms with E-state index in [-0.39, 0.29) is 34.9 Å². The molecule has 0 unspecified atom stereocenters. The molecule has 1 aromatic carbocycles. The second kappa shape index (κ2) is 7.52. The molecule has 3 heterocycles. The lowest BCUT2D eigenvalue weighted by Gasteiger charge is -2.21. The maximum absolute atomic E-state index is 12.7. The van der Waals surface area contributed by atoms with Crippen molar-refractivity contribution in [3.8, 4) is 11.5 Å². The number of rotatable bonds is 4. The van der Waals surface area contributed by atoms with Crippen LogP contribution in [0.2, 0.25) is 5.28 Å². The number of nitrogens with one attached hydrogen (secondary N) is 1. The predicted molar refractivity (Wildman–Crippen MR) is 109 cm³/mol. The van der Waals surface area contributed by atoms with Crippen LogP contribution in [0.15, 0.2) is 27.8 Å². The van der Waals surface area contributed by atoms with Gasteiger partial charge >= 0.3 is 5.69 Å². The summed E-state index contributed by atoms with van der Waals surface area (Å²) in [5.41, 5.74) is -0.0364. The van der Waals surface area contributed by atoms with E-state index in [4.69, 9.17) is 21.1 Å². The van der Waals surface area contributed by atoms with Gasteiger partial charge in [0.25, 0.3) is 5.56 Å². The van der Waals surface area contributed by atoms with Crippen LogP contribution in [0.4, 0.5) is 0 Å². The first-order chi connectivity index (χ1) is 14.3. The Balaban J connectivity index is 1.59. The molecule has 0 spiro atoms. The summed E-state index contributed by atoms with van der Waals surface area (Å²) in [5.74, 6) is 0.934. The molecular weight excluding hydrogens is 414 g/mol. The highest BCUT2D eigenvalue weighted by molar-refractivity contribution is 6.29. The van der Waals surface area contributed by atoms with Crippen molar-refractivity contribution in [2.45, 2.75) is 19.5 Å². The highest BCUT2D eigenvalue weighted by Crippen LogP contribution is 2.32. The van der Waals surface area contributed by atoms with Gasteiger partial charge in [0, 0.05) is 14.1 Å². The summed E-state index contributed by atoms with van der Waals surface area (Å²) >= 11 is 6.17. The number of hydrogen-bond acceptors (Lipinski definition) is 6. The number of ether oxygens (including phenoxy) is 2. The largest absolute Gasteiger partial charge is 0.486 e. The summed E-state index contributed by atoms with van der Waals surface area (Å²) < 4.78 is 14.6. The quantitative estimate of drug-likeness (QED) is 0.608. The van der Waals surface area contributed by atoms with E-state index in [2.05, 4.69) is 10.3 Å². The van der Waals surface area contributed by atoms with Crippen molar-refractivity contribution >= 4 is 28.7 Å². The van der Waals surface area contributed by atoms with Crippen LogP contribution >= 0.6 is 11.6 Å². The van der Waals surface area contributed by atoms with Gasteiger partial charge in [0.05, 0.1) is 6.04 Å². The maximum atomic E-state index is 12.7. The summed E-state index contributed by atoms with van der Waals surface area (Å²) in [4.78, 5) is 41.4. The molecule has 1 amide bonds. The average Bonchev–Trinajstić information content (AvgIpc) is 3.06. The Morgan fingerprint density at radius 1 is 1.20 bits per heavy atom. The number of hydrogen-bond donors (Lipinski definition) is 1. The predicted octanol–water partition coefficient (Wildman–Crippen LogP) is 0.736. The van der Waals surface area contributed by atoms with Crippen LogP contribution in [0.25, 0.3) is 11.2 Å². The summed E-state index contributed by atoms with van der Waals surface area (Å²) in [5, 5.41) is 2.82. The average molecular weight is 434 g/mol. The van der Waals surface area contributed by atoms with Gasteiger partial charge in [0.1, 0.15) is 19.8 Å². The normalized spacial score (nSPS) is 14.0. The van der Waals surface area contributed by atoms with Gasteiger partial charge in [-0.25, -0.2) is 4.79 Å². The fraction of sp³-hybridized carbons (Fsp3) is 0.368. The molecule has 0 saturated heterocycles. The minimum absolute atomic E-state index is 0.0505. The van der Waals surface area contributed by atoms with Gasteiger partial charge in [-0.3, -0.25) is 23.3 Å². The number of halogens is 1. The fourth-order valence-electron chi connectivity index (χ4n) is 3.41. The SMILES string of the molecule is C[C@H](NC(=O)Cn1c(Cl)nc2c1c(=O)n(C)c(=O)n2C)c1ccc2c(c1)OCCO2. The topological polar surface area (TPSA) is 109 Å².